The van der Waals surface area contributed by atoms with Gasteiger partial charge in [0.1, 0.15) is 5.92 Å². The van der Waals surface area contributed by atoms with Crippen LogP contribution in [0.5, 0.6) is 0 Å². The Balaban J connectivity index is 1.57. The zero-order valence-corrected chi connectivity index (χ0v) is 26.3. The van der Waals surface area contributed by atoms with E-state index in [-0.39, 0.29) is 36.6 Å². The number of carbonyl (C=O) groups excluding carboxylic acids is 2. The Morgan fingerprint density at radius 1 is 1.20 bits per heavy atom. The van der Waals surface area contributed by atoms with E-state index >= 15 is 0 Å². The summed E-state index contributed by atoms with van der Waals surface area (Å²) in [6.45, 7) is 14.1. The summed E-state index contributed by atoms with van der Waals surface area (Å²) in [5.74, 6) is -3.72. The lowest BCUT2D eigenvalue weighted by Gasteiger charge is -2.20. The summed E-state index contributed by atoms with van der Waals surface area (Å²) in [7, 11) is 1.27. The van der Waals surface area contributed by atoms with Crippen LogP contribution in [-0.2, 0) is 25.5 Å². The fourth-order valence-corrected chi connectivity index (χ4v) is 7.83. The van der Waals surface area contributed by atoms with E-state index in [2.05, 4.69) is 30.4 Å². The minimum absolute atomic E-state index is 0.0890. The first-order chi connectivity index (χ1) is 21.5. The number of carboxylic acids is 1. The number of H-pyrrole nitrogens is 2. The van der Waals surface area contributed by atoms with Gasteiger partial charge in [-0.3, -0.25) is 19.4 Å². The number of ether oxygens (including phenoxy) is 2. The lowest BCUT2D eigenvalue weighted by Crippen LogP contribution is -2.31. The number of hydrogen-bond acceptors (Lipinski definition) is 7. The molecule has 232 valence electrons. The molecule has 2 aromatic rings. The van der Waals surface area contributed by atoms with Crippen LogP contribution in [0.1, 0.15) is 78.2 Å². The van der Waals surface area contributed by atoms with Gasteiger partial charge in [-0.05, 0) is 68.0 Å². The largest absolute Gasteiger partial charge is 0.481 e. The number of ketones is 1. The van der Waals surface area contributed by atoms with Crippen LogP contribution in [0.4, 0.5) is 0 Å². The molecule has 0 saturated carbocycles. The second-order valence-corrected chi connectivity index (χ2v) is 12.5. The molecule has 1 saturated heterocycles. The van der Waals surface area contributed by atoms with Gasteiger partial charge >= 0.3 is 11.9 Å². The number of epoxide rings is 1. The van der Waals surface area contributed by atoms with Gasteiger partial charge in [-0.1, -0.05) is 26.5 Å². The summed E-state index contributed by atoms with van der Waals surface area (Å²) >= 11 is 0. The van der Waals surface area contributed by atoms with Crippen molar-refractivity contribution in [2.24, 2.45) is 27.7 Å². The van der Waals surface area contributed by atoms with Gasteiger partial charge in [-0.25, -0.2) is 4.99 Å². The van der Waals surface area contributed by atoms with E-state index in [1.807, 2.05) is 32.9 Å². The van der Waals surface area contributed by atoms with Crippen LogP contribution in [-0.4, -0.2) is 57.1 Å². The van der Waals surface area contributed by atoms with Crippen molar-refractivity contribution in [3.05, 3.63) is 79.9 Å². The van der Waals surface area contributed by atoms with Crippen molar-refractivity contribution in [1.82, 2.24) is 9.97 Å². The number of rotatable bonds is 6. The summed E-state index contributed by atoms with van der Waals surface area (Å²) in [4.78, 5) is 56.3. The van der Waals surface area contributed by atoms with E-state index in [0.717, 1.165) is 51.0 Å². The lowest BCUT2D eigenvalue weighted by molar-refractivity contribution is -0.142. The van der Waals surface area contributed by atoms with Crippen LogP contribution in [0, 0.1) is 31.6 Å². The Labute approximate surface area is 260 Å². The van der Waals surface area contributed by atoms with E-state index in [0.29, 0.717) is 33.6 Å². The number of hydrogen-bond donors (Lipinski definition) is 3. The van der Waals surface area contributed by atoms with Gasteiger partial charge in [0.25, 0.3) is 0 Å². The number of Topliss-reactive ketones (excluding diaryl/α,β-unsaturated/α-hetero) is 1. The summed E-state index contributed by atoms with van der Waals surface area (Å²) in [5, 5.41) is 10.9. The summed E-state index contributed by atoms with van der Waals surface area (Å²) < 4.78 is 11.6. The van der Waals surface area contributed by atoms with Crippen molar-refractivity contribution in [3.8, 4) is 0 Å². The summed E-state index contributed by atoms with van der Waals surface area (Å²) in [6.07, 6.45) is 6.39. The average molecular weight is 609 g/mol. The normalized spacial score (nSPS) is 27.6. The summed E-state index contributed by atoms with van der Waals surface area (Å²) in [5.41, 5.74) is 8.57. The second kappa shape index (κ2) is 9.97. The third-order valence-corrected chi connectivity index (χ3v) is 10.3. The van der Waals surface area contributed by atoms with Crippen molar-refractivity contribution in [2.75, 3.05) is 7.11 Å². The average Bonchev–Trinajstić information content (AvgIpc) is 3.24. The van der Waals surface area contributed by atoms with Crippen molar-refractivity contribution >= 4 is 40.8 Å². The Bertz CT molecular complexity index is 2020. The van der Waals surface area contributed by atoms with E-state index in [9.17, 15) is 19.5 Å². The maximum absolute atomic E-state index is 14.0. The van der Waals surface area contributed by atoms with Crippen LogP contribution >= 0.6 is 0 Å². The number of aromatic amines is 2. The molecule has 8 bridgehead atoms. The maximum atomic E-state index is 14.0. The highest BCUT2D eigenvalue weighted by molar-refractivity contribution is 6.35. The molecule has 4 aliphatic heterocycles. The molecule has 7 rings (SSSR count). The molecule has 3 N–H and O–H groups in total. The number of allylic oxidation sites excluding steroid dienone is 3. The van der Waals surface area contributed by atoms with Gasteiger partial charge in [0.15, 0.2) is 11.9 Å². The number of carboxylic acid groups (broad SMARTS) is 1. The predicted octanol–water partition coefficient (Wildman–Crippen LogP) is 3.68. The maximum Gasteiger partial charge on any atom is 0.321 e. The Morgan fingerprint density at radius 2 is 1.96 bits per heavy atom. The fraction of sp³-hybridized carbons (Fsp3) is 0.400. The highest BCUT2D eigenvalue weighted by Gasteiger charge is 2.64. The molecule has 6 heterocycles. The molecule has 2 aromatic heterocycles. The molecule has 10 nitrogen and oxygen atoms in total. The van der Waals surface area contributed by atoms with Gasteiger partial charge < -0.3 is 24.5 Å². The minimum Gasteiger partial charge on any atom is -0.481 e. The molecule has 5 atom stereocenters. The molecule has 0 amide bonds. The Morgan fingerprint density at radius 3 is 2.62 bits per heavy atom. The highest BCUT2D eigenvalue weighted by Crippen LogP contribution is 2.59. The van der Waals surface area contributed by atoms with E-state index < -0.39 is 23.6 Å². The molecular formula is C35H36N4O6. The number of nitrogens with zero attached hydrogens (tertiary/aromatic N) is 2. The number of nitrogens with one attached hydrogen (secondary N) is 2. The van der Waals surface area contributed by atoms with Crippen molar-refractivity contribution in [3.63, 3.8) is 0 Å². The number of esters is 1. The first kappa shape index (κ1) is 29.2. The van der Waals surface area contributed by atoms with Gasteiger partial charge in [0, 0.05) is 51.7 Å². The van der Waals surface area contributed by atoms with Crippen LogP contribution in [0.2, 0.25) is 0 Å². The number of fused-ring (bicyclic) bond motifs is 6. The SMILES string of the molecule is C=CC1=C(C)C2=NC13OC3c1[nH]c(c(CC)c1C)C=c1[nH]c3c(c1C)C(=O)[C@H](C(=O)OC)C=3C1=NC(=C2)[C@@H](C)[C@@H]1CCC(=O)O. The third kappa shape index (κ3) is 3.94. The fourth-order valence-electron chi connectivity index (χ4n) is 7.83. The lowest BCUT2D eigenvalue weighted by atomic mass is 9.81. The van der Waals surface area contributed by atoms with Crippen LogP contribution in [0.15, 0.2) is 45.6 Å². The zero-order valence-electron chi connectivity index (χ0n) is 26.3. The summed E-state index contributed by atoms with van der Waals surface area (Å²) in [6, 6.07) is 0. The van der Waals surface area contributed by atoms with E-state index in [1.165, 1.54) is 7.11 Å². The van der Waals surface area contributed by atoms with E-state index in [4.69, 9.17) is 19.5 Å². The molecule has 0 radical (unpaired) electrons. The van der Waals surface area contributed by atoms with Gasteiger partial charge in [-0.15, -0.1) is 0 Å². The first-order valence-corrected chi connectivity index (χ1v) is 15.4. The molecule has 0 aromatic carbocycles. The number of aliphatic carboxylic acids is 1. The third-order valence-electron chi connectivity index (χ3n) is 10.3. The Kier molecular flexibility index (Phi) is 6.46. The predicted molar refractivity (Wildman–Crippen MR) is 168 cm³/mol. The van der Waals surface area contributed by atoms with E-state index in [1.54, 1.807) is 6.08 Å². The smallest absolute Gasteiger partial charge is 0.321 e. The van der Waals surface area contributed by atoms with Crippen molar-refractivity contribution in [1.29, 1.82) is 0 Å². The standard InChI is InChI=1S/C35H36N4O6/c1-8-18-15(4)29-33-35(45-33)20(9-2)16(5)23(39-35)12-21-14(3)19(10-11-25(40)41)30(36-21)27-28(34(43)44-7)32(42)26-17(6)22(37-31(26)27)13-24(18)38-29/h9,12-14,19,28,33,37-38H,2,8,10-11H2,1,3-7H3,(H,40,41)/t14-,19-,28+,33?,35?/m0/s1. The number of aliphatic imine (C=N–C) groups is 2. The van der Waals surface area contributed by atoms with Gasteiger partial charge in [0.2, 0.25) is 5.72 Å². The quantitative estimate of drug-likeness (QED) is 0.259. The van der Waals surface area contributed by atoms with Gasteiger partial charge in [0.05, 0.1) is 29.6 Å². The van der Waals surface area contributed by atoms with Crippen molar-refractivity contribution in [2.45, 2.75) is 65.7 Å². The second-order valence-electron chi connectivity index (χ2n) is 12.5. The molecule has 1 spiro atoms. The number of methoxy groups -OCH3 is 1. The Hall–Kier alpha value is -4.57. The van der Waals surface area contributed by atoms with Crippen molar-refractivity contribution < 1.29 is 29.0 Å². The molecule has 1 aliphatic carbocycles. The monoisotopic (exact) mass is 608 g/mol. The zero-order chi connectivity index (χ0) is 32.1. The molecule has 45 heavy (non-hydrogen) atoms. The van der Waals surface area contributed by atoms with Crippen LogP contribution in [0.25, 0.3) is 11.6 Å². The number of aromatic nitrogens is 2. The highest BCUT2D eigenvalue weighted by atomic mass is 16.6. The molecule has 5 aliphatic rings. The van der Waals surface area contributed by atoms with Crippen LogP contribution in [0.3, 0.4) is 0 Å². The molecule has 2 unspecified atom stereocenters. The molecule has 10 heteroatoms. The first-order valence-electron chi connectivity index (χ1n) is 15.4. The topological polar surface area (TPSA) is 149 Å². The number of carbonyl (C=O) groups is 3. The molecule has 1 fully saturated rings. The van der Waals surface area contributed by atoms with Crippen LogP contribution < -0.4 is 10.7 Å². The molecular weight excluding hydrogens is 572 g/mol. The minimum atomic E-state index is -1.20. The van der Waals surface area contributed by atoms with Gasteiger partial charge in [-0.2, -0.15) is 0 Å².